The van der Waals surface area contributed by atoms with Crippen molar-refractivity contribution in [1.29, 1.82) is 0 Å². The summed E-state index contributed by atoms with van der Waals surface area (Å²) in [7, 11) is 0. The smallest absolute Gasteiger partial charge is 0.306 e. The van der Waals surface area contributed by atoms with Gasteiger partial charge >= 0.3 is 5.97 Å². The fourth-order valence-electron chi connectivity index (χ4n) is 2.01. The van der Waals surface area contributed by atoms with E-state index in [9.17, 15) is 4.79 Å². The molecule has 0 aromatic heterocycles. The fourth-order valence-corrected chi connectivity index (χ4v) is 2.01. The van der Waals surface area contributed by atoms with Crippen LogP contribution >= 0.6 is 0 Å². The highest BCUT2D eigenvalue weighted by molar-refractivity contribution is 5.68. The predicted molar refractivity (Wildman–Crippen MR) is 55.9 cm³/mol. The van der Waals surface area contributed by atoms with E-state index in [0.29, 0.717) is 13.2 Å². The molecule has 0 aromatic rings. The van der Waals surface area contributed by atoms with E-state index < -0.39 is 11.6 Å². The van der Waals surface area contributed by atoms with E-state index in [1.807, 2.05) is 20.8 Å². The van der Waals surface area contributed by atoms with Crippen LogP contribution in [0.2, 0.25) is 0 Å². The van der Waals surface area contributed by atoms with Crippen LogP contribution in [0.3, 0.4) is 0 Å². The first-order valence-electron chi connectivity index (χ1n) is 5.33. The third-order valence-corrected chi connectivity index (χ3v) is 2.28. The van der Waals surface area contributed by atoms with Gasteiger partial charge in [0.15, 0.2) is 0 Å². The first-order valence-corrected chi connectivity index (χ1v) is 5.33. The lowest BCUT2D eigenvalue weighted by Crippen LogP contribution is -2.47. The number of carboxylic acids is 1. The van der Waals surface area contributed by atoms with E-state index in [0.717, 1.165) is 12.8 Å². The molecule has 1 N–H and O–H groups in total. The van der Waals surface area contributed by atoms with Crippen LogP contribution in [0.15, 0.2) is 0 Å². The van der Waals surface area contributed by atoms with Gasteiger partial charge in [0, 0.05) is 6.61 Å². The second-order valence-corrected chi connectivity index (χ2v) is 5.12. The van der Waals surface area contributed by atoms with Gasteiger partial charge in [-0.3, -0.25) is 4.79 Å². The van der Waals surface area contributed by atoms with Crippen molar-refractivity contribution in [2.24, 2.45) is 0 Å². The second kappa shape index (κ2) is 4.49. The van der Waals surface area contributed by atoms with Gasteiger partial charge in [-0.05, 0) is 33.6 Å². The molecular weight excluding hydrogens is 196 g/mol. The van der Waals surface area contributed by atoms with E-state index in [1.54, 1.807) is 0 Å². The van der Waals surface area contributed by atoms with Crippen molar-refractivity contribution < 1.29 is 19.4 Å². The fraction of sp³-hybridized carbons (Fsp3) is 0.909. The third-order valence-electron chi connectivity index (χ3n) is 2.28. The van der Waals surface area contributed by atoms with Crippen LogP contribution < -0.4 is 0 Å². The minimum absolute atomic E-state index is 0.0181. The summed E-state index contributed by atoms with van der Waals surface area (Å²) in [4.78, 5) is 10.8. The van der Waals surface area contributed by atoms with Crippen LogP contribution in [0.1, 0.15) is 40.0 Å². The summed E-state index contributed by atoms with van der Waals surface area (Å²) in [6.07, 6.45) is 1.64. The lowest BCUT2D eigenvalue weighted by Gasteiger charge is -2.40. The summed E-state index contributed by atoms with van der Waals surface area (Å²) < 4.78 is 11.2. The van der Waals surface area contributed by atoms with Gasteiger partial charge in [0.25, 0.3) is 0 Å². The molecule has 0 amide bonds. The van der Waals surface area contributed by atoms with E-state index in [2.05, 4.69) is 0 Å². The quantitative estimate of drug-likeness (QED) is 0.782. The molecule has 1 fully saturated rings. The summed E-state index contributed by atoms with van der Waals surface area (Å²) in [5.41, 5.74) is -0.974. The van der Waals surface area contributed by atoms with Crippen molar-refractivity contribution in [3.8, 4) is 0 Å². The zero-order chi connectivity index (χ0) is 11.5. The molecule has 4 heteroatoms. The topological polar surface area (TPSA) is 55.8 Å². The Bertz CT molecular complexity index is 223. The van der Waals surface area contributed by atoms with Crippen LogP contribution in [0.4, 0.5) is 0 Å². The molecule has 4 nitrogen and oxygen atoms in total. The molecule has 0 aliphatic carbocycles. The lowest BCUT2D eigenvalue weighted by atomic mass is 9.91. The molecule has 88 valence electrons. The molecular formula is C11H20O4. The largest absolute Gasteiger partial charge is 0.481 e. The van der Waals surface area contributed by atoms with Gasteiger partial charge in [0.05, 0.1) is 18.6 Å². The number of ether oxygens (including phenoxy) is 2. The summed E-state index contributed by atoms with van der Waals surface area (Å²) in [5, 5.41) is 8.89. The van der Waals surface area contributed by atoms with Crippen LogP contribution in [0, 0.1) is 0 Å². The number of aliphatic carboxylic acids is 1. The Kier molecular flexibility index (Phi) is 3.73. The molecule has 1 unspecified atom stereocenters. The number of carbonyl (C=O) groups is 1. The molecule has 0 spiro atoms. The third kappa shape index (κ3) is 4.18. The Hall–Kier alpha value is -0.610. The minimum atomic E-state index is -0.829. The Labute approximate surface area is 90.6 Å². The highest BCUT2D eigenvalue weighted by Gasteiger charge is 2.39. The summed E-state index contributed by atoms with van der Waals surface area (Å²) in [5.74, 6) is -0.829. The Balaban J connectivity index is 2.70. The van der Waals surface area contributed by atoms with Crippen molar-refractivity contribution >= 4 is 5.97 Å². The van der Waals surface area contributed by atoms with Gasteiger partial charge < -0.3 is 14.6 Å². The number of hydrogen-bond donors (Lipinski definition) is 1. The minimum Gasteiger partial charge on any atom is -0.481 e. The molecule has 0 bridgehead atoms. The average Bonchev–Trinajstić information content (AvgIpc) is 1.99. The molecule has 1 saturated heterocycles. The van der Waals surface area contributed by atoms with Gasteiger partial charge in [-0.1, -0.05) is 0 Å². The predicted octanol–water partition coefficient (Wildman–Crippen LogP) is 1.83. The van der Waals surface area contributed by atoms with E-state index in [-0.39, 0.29) is 12.0 Å². The number of rotatable bonds is 3. The maximum Gasteiger partial charge on any atom is 0.306 e. The zero-order valence-electron chi connectivity index (χ0n) is 9.71. The average molecular weight is 216 g/mol. The van der Waals surface area contributed by atoms with Crippen molar-refractivity contribution in [2.45, 2.75) is 51.2 Å². The van der Waals surface area contributed by atoms with E-state index in [1.165, 1.54) is 0 Å². The van der Waals surface area contributed by atoms with Gasteiger partial charge in [0.2, 0.25) is 0 Å². The number of carboxylic acid groups (broad SMARTS) is 1. The van der Waals surface area contributed by atoms with Crippen molar-refractivity contribution in [2.75, 3.05) is 13.2 Å². The Morgan fingerprint density at radius 1 is 1.53 bits per heavy atom. The molecule has 0 radical (unpaired) electrons. The first kappa shape index (κ1) is 12.5. The van der Waals surface area contributed by atoms with Gasteiger partial charge in [-0.15, -0.1) is 0 Å². The molecule has 1 aliphatic heterocycles. The SMILES string of the molecule is CC(C)(C)OC1(CC(=O)O)CCCOC1. The van der Waals surface area contributed by atoms with Crippen molar-refractivity contribution in [1.82, 2.24) is 0 Å². The molecule has 15 heavy (non-hydrogen) atoms. The Morgan fingerprint density at radius 3 is 2.60 bits per heavy atom. The van der Waals surface area contributed by atoms with E-state index in [4.69, 9.17) is 14.6 Å². The zero-order valence-corrected chi connectivity index (χ0v) is 9.71. The highest BCUT2D eigenvalue weighted by Crippen LogP contribution is 2.31. The normalized spacial score (nSPS) is 27.7. The molecule has 1 atom stereocenters. The van der Waals surface area contributed by atoms with Crippen LogP contribution in [0.5, 0.6) is 0 Å². The summed E-state index contributed by atoms with van der Waals surface area (Å²) in [6, 6.07) is 0. The molecule has 0 saturated carbocycles. The molecule has 1 aliphatic rings. The highest BCUT2D eigenvalue weighted by atomic mass is 16.6. The monoisotopic (exact) mass is 216 g/mol. The van der Waals surface area contributed by atoms with Crippen LogP contribution in [-0.4, -0.2) is 35.5 Å². The van der Waals surface area contributed by atoms with Crippen LogP contribution in [-0.2, 0) is 14.3 Å². The van der Waals surface area contributed by atoms with Gasteiger partial charge in [-0.25, -0.2) is 0 Å². The van der Waals surface area contributed by atoms with Gasteiger partial charge in [-0.2, -0.15) is 0 Å². The van der Waals surface area contributed by atoms with Crippen molar-refractivity contribution in [3.63, 3.8) is 0 Å². The number of hydrogen-bond acceptors (Lipinski definition) is 3. The van der Waals surface area contributed by atoms with Gasteiger partial charge in [0.1, 0.15) is 5.60 Å². The second-order valence-electron chi connectivity index (χ2n) is 5.12. The summed E-state index contributed by atoms with van der Waals surface area (Å²) >= 11 is 0. The summed E-state index contributed by atoms with van der Waals surface area (Å²) in [6.45, 7) is 6.90. The van der Waals surface area contributed by atoms with Crippen LogP contribution in [0.25, 0.3) is 0 Å². The molecule has 0 aromatic carbocycles. The maximum atomic E-state index is 10.8. The van der Waals surface area contributed by atoms with Crippen molar-refractivity contribution in [3.05, 3.63) is 0 Å². The first-order chi connectivity index (χ1) is 6.83. The molecule has 1 heterocycles. The standard InChI is InChI=1S/C11H20O4/c1-10(2,3)15-11(7-9(12)13)5-4-6-14-8-11/h4-8H2,1-3H3,(H,12,13). The lowest BCUT2D eigenvalue weighted by molar-refractivity contribution is -0.193. The molecule has 1 rings (SSSR count). The Morgan fingerprint density at radius 2 is 2.20 bits per heavy atom. The maximum absolute atomic E-state index is 10.8. The van der Waals surface area contributed by atoms with E-state index >= 15 is 0 Å².